The van der Waals surface area contributed by atoms with Crippen molar-refractivity contribution in [3.63, 3.8) is 0 Å². The number of likely N-dealkylation sites (tertiary alicyclic amines) is 1. The van der Waals surface area contributed by atoms with Gasteiger partial charge in [0, 0.05) is 27.1 Å². The average molecular weight is 313 g/mol. The molecule has 0 amide bonds. The molecule has 0 aromatic heterocycles. The van der Waals surface area contributed by atoms with Crippen LogP contribution in [0.3, 0.4) is 0 Å². The number of nitrogens with one attached hydrogen (secondary N) is 1. The van der Waals surface area contributed by atoms with Crippen molar-refractivity contribution in [2.45, 2.75) is 84.5 Å². The number of piperidine rings is 1. The SMILES string of the molecule is CC(C)CN1CCC(OC2CCC(CNC(C)C)CC2)CC1.[HH]. The second kappa shape index (κ2) is 9.24. The number of hydrogen-bond acceptors (Lipinski definition) is 3. The van der Waals surface area contributed by atoms with Gasteiger partial charge in [-0.2, -0.15) is 0 Å². The van der Waals surface area contributed by atoms with Gasteiger partial charge in [-0.3, -0.25) is 0 Å². The van der Waals surface area contributed by atoms with E-state index in [2.05, 4.69) is 37.9 Å². The fourth-order valence-corrected chi connectivity index (χ4v) is 3.89. The van der Waals surface area contributed by atoms with Crippen molar-refractivity contribution >= 4 is 0 Å². The molecule has 2 rings (SSSR count). The van der Waals surface area contributed by atoms with E-state index < -0.39 is 0 Å². The fourth-order valence-electron chi connectivity index (χ4n) is 3.89. The van der Waals surface area contributed by atoms with E-state index in [-0.39, 0.29) is 1.43 Å². The molecule has 0 unspecified atom stereocenters. The molecule has 132 valence electrons. The Bertz CT molecular complexity index is 296. The Hall–Kier alpha value is -0.120. The highest BCUT2D eigenvalue weighted by Gasteiger charge is 2.26. The van der Waals surface area contributed by atoms with E-state index in [1.807, 2.05) is 0 Å². The highest BCUT2D eigenvalue weighted by Crippen LogP contribution is 2.28. The van der Waals surface area contributed by atoms with Gasteiger partial charge in [0.05, 0.1) is 12.2 Å². The Morgan fingerprint density at radius 3 is 2.09 bits per heavy atom. The Morgan fingerprint density at radius 1 is 0.955 bits per heavy atom. The molecule has 0 radical (unpaired) electrons. The second-order valence-electron chi connectivity index (χ2n) is 8.24. The first-order valence-electron chi connectivity index (χ1n) is 9.64. The molecule has 22 heavy (non-hydrogen) atoms. The topological polar surface area (TPSA) is 24.5 Å². The van der Waals surface area contributed by atoms with Crippen LogP contribution in [-0.4, -0.2) is 49.3 Å². The normalized spacial score (nSPS) is 28.6. The third kappa shape index (κ3) is 6.55. The van der Waals surface area contributed by atoms with Gasteiger partial charge in [-0.1, -0.05) is 27.7 Å². The number of ether oxygens (including phenoxy) is 1. The van der Waals surface area contributed by atoms with E-state index in [4.69, 9.17) is 4.74 Å². The van der Waals surface area contributed by atoms with Gasteiger partial charge in [0.25, 0.3) is 0 Å². The quantitative estimate of drug-likeness (QED) is 0.771. The molecule has 2 fully saturated rings. The number of nitrogens with zero attached hydrogens (tertiary/aromatic N) is 1. The molecular weight excluding hydrogens is 272 g/mol. The lowest BCUT2D eigenvalue weighted by Crippen LogP contribution is -2.40. The van der Waals surface area contributed by atoms with Crippen LogP contribution in [-0.2, 0) is 4.74 Å². The monoisotopic (exact) mass is 312 g/mol. The van der Waals surface area contributed by atoms with Gasteiger partial charge in [-0.15, -0.1) is 0 Å². The lowest BCUT2D eigenvalue weighted by Gasteiger charge is -2.36. The van der Waals surface area contributed by atoms with Crippen molar-refractivity contribution in [3.05, 3.63) is 0 Å². The zero-order chi connectivity index (χ0) is 15.9. The molecule has 1 heterocycles. The molecule has 0 bridgehead atoms. The molecule has 1 aliphatic carbocycles. The second-order valence-corrected chi connectivity index (χ2v) is 8.24. The number of hydrogen-bond donors (Lipinski definition) is 1. The number of rotatable bonds is 7. The average Bonchev–Trinajstić information content (AvgIpc) is 2.48. The van der Waals surface area contributed by atoms with Gasteiger partial charge in [0.1, 0.15) is 0 Å². The predicted octanol–water partition coefficient (Wildman–Crippen LogP) is 3.93. The van der Waals surface area contributed by atoms with Crippen molar-refractivity contribution in [3.8, 4) is 0 Å². The zero-order valence-electron chi connectivity index (χ0n) is 15.3. The van der Waals surface area contributed by atoms with Crippen LogP contribution in [0, 0.1) is 11.8 Å². The molecule has 2 aliphatic rings. The summed E-state index contributed by atoms with van der Waals surface area (Å²) < 4.78 is 6.41. The van der Waals surface area contributed by atoms with E-state index in [1.54, 1.807) is 0 Å². The van der Waals surface area contributed by atoms with Gasteiger partial charge >= 0.3 is 0 Å². The Morgan fingerprint density at radius 2 is 1.55 bits per heavy atom. The van der Waals surface area contributed by atoms with Crippen LogP contribution in [0.5, 0.6) is 0 Å². The molecular formula is C19H40N2O. The highest BCUT2D eigenvalue weighted by atomic mass is 16.5. The molecule has 1 saturated carbocycles. The lowest BCUT2D eigenvalue weighted by molar-refractivity contribution is -0.0615. The summed E-state index contributed by atoms with van der Waals surface area (Å²) in [5.74, 6) is 1.65. The summed E-state index contributed by atoms with van der Waals surface area (Å²) in [6.07, 6.45) is 8.78. The molecule has 0 spiro atoms. The summed E-state index contributed by atoms with van der Waals surface area (Å²) >= 11 is 0. The van der Waals surface area contributed by atoms with Gasteiger partial charge < -0.3 is 15.0 Å². The van der Waals surface area contributed by atoms with Gasteiger partial charge in [-0.25, -0.2) is 0 Å². The Balaban J connectivity index is 0.00000264. The molecule has 0 atom stereocenters. The lowest BCUT2D eigenvalue weighted by atomic mass is 9.87. The van der Waals surface area contributed by atoms with Crippen molar-refractivity contribution in [2.24, 2.45) is 11.8 Å². The third-order valence-electron chi connectivity index (χ3n) is 5.15. The van der Waals surface area contributed by atoms with Crippen molar-refractivity contribution in [1.29, 1.82) is 0 Å². The first kappa shape index (κ1) is 18.2. The third-order valence-corrected chi connectivity index (χ3v) is 5.15. The van der Waals surface area contributed by atoms with Crippen molar-refractivity contribution in [2.75, 3.05) is 26.2 Å². The molecule has 0 aromatic rings. The van der Waals surface area contributed by atoms with E-state index in [0.29, 0.717) is 18.2 Å². The standard InChI is InChI=1S/C19H38N2O.H2/c1-15(2)14-21-11-9-19(10-12-21)22-18-7-5-17(6-8-18)13-20-16(3)4;/h15-20H,5-14H2,1-4H3;1H. The first-order valence-corrected chi connectivity index (χ1v) is 9.64. The van der Waals surface area contributed by atoms with E-state index in [9.17, 15) is 0 Å². The van der Waals surface area contributed by atoms with Crippen LogP contribution < -0.4 is 5.32 Å². The van der Waals surface area contributed by atoms with Crippen molar-refractivity contribution in [1.82, 2.24) is 10.2 Å². The van der Waals surface area contributed by atoms with Gasteiger partial charge in [-0.05, 0) is 56.9 Å². The summed E-state index contributed by atoms with van der Waals surface area (Å²) in [6.45, 7) is 14.0. The minimum atomic E-state index is 0. The summed E-state index contributed by atoms with van der Waals surface area (Å²) in [5, 5.41) is 3.59. The summed E-state index contributed by atoms with van der Waals surface area (Å²) in [4.78, 5) is 2.61. The highest BCUT2D eigenvalue weighted by molar-refractivity contribution is 4.79. The maximum absolute atomic E-state index is 6.41. The van der Waals surface area contributed by atoms with Crippen LogP contribution in [0.2, 0.25) is 0 Å². The van der Waals surface area contributed by atoms with E-state index in [1.165, 1.54) is 64.7 Å². The van der Waals surface area contributed by atoms with Crippen LogP contribution in [0.4, 0.5) is 0 Å². The van der Waals surface area contributed by atoms with Gasteiger partial charge in [0.15, 0.2) is 0 Å². The van der Waals surface area contributed by atoms with Crippen LogP contribution in [0.25, 0.3) is 0 Å². The molecule has 1 N–H and O–H groups in total. The van der Waals surface area contributed by atoms with Gasteiger partial charge in [0.2, 0.25) is 0 Å². The maximum atomic E-state index is 6.41. The molecule has 3 nitrogen and oxygen atoms in total. The first-order chi connectivity index (χ1) is 10.5. The van der Waals surface area contributed by atoms with E-state index in [0.717, 1.165) is 11.8 Å². The van der Waals surface area contributed by atoms with Crippen LogP contribution in [0.15, 0.2) is 0 Å². The van der Waals surface area contributed by atoms with Crippen LogP contribution in [0.1, 0.15) is 67.6 Å². The van der Waals surface area contributed by atoms with E-state index >= 15 is 0 Å². The fraction of sp³-hybridized carbons (Fsp3) is 1.00. The Kier molecular flexibility index (Phi) is 7.66. The predicted molar refractivity (Wildman–Crippen MR) is 96.4 cm³/mol. The smallest absolute Gasteiger partial charge is 0.0603 e. The Labute approximate surface area is 139 Å². The molecule has 3 heteroatoms. The summed E-state index contributed by atoms with van der Waals surface area (Å²) in [7, 11) is 0. The van der Waals surface area contributed by atoms with Crippen molar-refractivity contribution < 1.29 is 6.16 Å². The minimum Gasteiger partial charge on any atom is -0.375 e. The van der Waals surface area contributed by atoms with Crippen LogP contribution >= 0.6 is 0 Å². The molecule has 1 aliphatic heterocycles. The largest absolute Gasteiger partial charge is 0.375 e. The molecule has 1 saturated heterocycles. The zero-order valence-corrected chi connectivity index (χ0v) is 15.3. The molecule has 0 aromatic carbocycles. The summed E-state index contributed by atoms with van der Waals surface area (Å²) in [6, 6.07) is 0.616. The minimum absolute atomic E-state index is 0. The maximum Gasteiger partial charge on any atom is 0.0603 e. The summed E-state index contributed by atoms with van der Waals surface area (Å²) in [5.41, 5.74) is 0.